The Bertz CT molecular complexity index is 1100. The molecule has 3 rings (SSSR count). The number of alkyl halides is 3. The quantitative estimate of drug-likeness (QED) is 0.285. The Kier molecular flexibility index (Phi) is 8.43. The molecule has 0 amide bonds. The first-order valence-corrected chi connectivity index (χ1v) is 11.5. The topological polar surface area (TPSA) is 68.3 Å². The van der Waals surface area contributed by atoms with Crippen molar-refractivity contribution in [2.75, 3.05) is 17.2 Å². The second-order valence-corrected chi connectivity index (χ2v) is 8.99. The van der Waals surface area contributed by atoms with Crippen LogP contribution in [0, 0.1) is 0 Å². The minimum absolute atomic E-state index is 0.0198. The number of unbranched alkanes of at least 4 members (excludes halogenated alkanes) is 2. The Labute approximate surface area is 203 Å². The average molecular weight is 489 g/mol. The molecule has 0 aliphatic rings. The predicted octanol–water partition coefficient (Wildman–Crippen LogP) is 7.73. The van der Waals surface area contributed by atoms with E-state index >= 15 is 0 Å². The molecule has 0 aliphatic carbocycles. The van der Waals surface area contributed by atoms with Crippen LogP contribution in [-0.2, 0) is 6.18 Å². The molecule has 1 aromatic heterocycles. The second-order valence-electron chi connectivity index (χ2n) is 8.99. The highest BCUT2D eigenvalue weighted by Crippen LogP contribution is 2.37. The standard InChI is InChI=1S/C26H31F3N4O2/c1-5-6-9-16-34-22-11-8-7-10-21(22)32-23-20(26(27,28)29)17-30-24(33-23)31-18-12-14-19(15-13-18)35-25(2,3)4/h7-8,10-15,17H,5-6,9,16H2,1-4H3,(H2,30,31,32,33). The highest BCUT2D eigenvalue weighted by molar-refractivity contribution is 5.67. The zero-order valence-electron chi connectivity index (χ0n) is 20.4. The summed E-state index contributed by atoms with van der Waals surface area (Å²) in [6.07, 6.45) is -0.956. The van der Waals surface area contributed by atoms with E-state index in [9.17, 15) is 13.2 Å². The molecule has 0 spiro atoms. The summed E-state index contributed by atoms with van der Waals surface area (Å²) in [6, 6.07) is 13.9. The third-order valence-electron chi connectivity index (χ3n) is 4.77. The fraction of sp³-hybridized carbons (Fsp3) is 0.385. The normalized spacial score (nSPS) is 11.7. The Morgan fingerprint density at radius 1 is 0.914 bits per heavy atom. The van der Waals surface area contributed by atoms with Gasteiger partial charge in [0.15, 0.2) is 0 Å². The maximum absolute atomic E-state index is 13.7. The number of benzene rings is 2. The molecule has 9 heteroatoms. The molecule has 3 aromatic rings. The van der Waals surface area contributed by atoms with Crippen molar-refractivity contribution in [1.82, 2.24) is 9.97 Å². The lowest BCUT2D eigenvalue weighted by Crippen LogP contribution is -2.22. The number of halogens is 3. The molecule has 0 saturated carbocycles. The largest absolute Gasteiger partial charge is 0.491 e. The highest BCUT2D eigenvalue weighted by atomic mass is 19.4. The van der Waals surface area contributed by atoms with Gasteiger partial charge in [0.25, 0.3) is 0 Å². The van der Waals surface area contributed by atoms with Crippen molar-refractivity contribution in [3.8, 4) is 11.5 Å². The van der Waals surface area contributed by atoms with Crippen LogP contribution in [0.4, 0.5) is 36.3 Å². The molecule has 2 aromatic carbocycles. The monoisotopic (exact) mass is 488 g/mol. The molecule has 1 heterocycles. The summed E-state index contributed by atoms with van der Waals surface area (Å²) in [5, 5.41) is 5.74. The van der Waals surface area contributed by atoms with Crippen LogP contribution < -0.4 is 20.1 Å². The molecule has 6 nitrogen and oxygen atoms in total. The van der Waals surface area contributed by atoms with Gasteiger partial charge in [-0.2, -0.15) is 18.2 Å². The smallest absolute Gasteiger partial charge is 0.421 e. The fourth-order valence-corrected chi connectivity index (χ4v) is 3.19. The number of anilines is 4. The molecular formula is C26H31F3N4O2. The molecular weight excluding hydrogens is 457 g/mol. The van der Waals surface area contributed by atoms with Crippen LogP contribution in [0.25, 0.3) is 0 Å². The summed E-state index contributed by atoms with van der Waals surface area (Å²) in [7, 11) is 0. The molecule has 0 radical (unpaired) electrons. The average Bonchev–Trinajstić information content (AvgIpc) is 2.77. The zero-order valence-corrected chi connectivity index (χ0v) is 20.4. The summed E-state index contributed by atoms with van der Waals surface area (Å²) < 4.78 is 52.7. The van der Waals surface area contributed by atoms with E-state index in [0.717, 1.165) is 25.5 Å². The highest BCUT2D eigenvalue weighted by Gasteiger charge is 2.35. The number of para-hydroxylation sites is 2. The summed E-state index contributed by atoms with van der Waals surface area (Å²) in [6.45, 7) is 8.39. The van der Waals surface area contributed by atoms with Gasteiger partial charge in [-0.15, -0.1) is 0 Å². The van der Waals surface area contributed by atoms with Crippen LogP contribution in [0.1, 0.15) is 52.5 Å². The lowest BCUT2D eigenvalue weighted by molar-refractivity contribution is -0.137. The first kappa shape index (κ1) is 26.1. The van der Waals surface area contributed by atoms with Crippen molar-refractivity contribution in [2.24, 2.45) is 0 Å². The van der Waals surface area contributed by atoms with Crippen molar-refractivity contribution in [3.63, 3.8) is 0 Å². The van der Waals surface area contributed by atoms with E-state index in [0.29, 0.717) is 29.5 Å². The van der Waals surface area contributed by atoms with Crippen LogP contribution >= 0.6 is 0 Å². The Balaban J connectivity index is 1.83. The lowest BCUT2D eigenvalue weighted by Gasteiger charge is -2.21. The fourth-order valence-electron chi connectivity index (χ4n) is 3.19. The van der Waals surface area contributed by atoms with Crippen LogP contribution in [0.2, 0.25) is 0 Å². The first-order chi connectivity index (χ1) is 16.5. The molecule has 0 saturated heterocycles. The maximum atomic E-state index is 13.7. The number of rotatable bonds is 10. The summed E-state index contributed by atoms with van der Waals surface area (Å²) in [4.78, 5) is 7.99. The number of aromatic nitrogens is 2. The van der Waals surface area contributed by atoms with Crippen LogP contribution in [-0.4, -0.2) is 22.2 Å². The van der Waals surface area contributed by atoms with Crippen LogP contribution in [0.3, 0.4) is 0 Å². The van der Waals surface area contributed by atoms with E-state index in [4.69, 9.17) is 9.47 Å². The van der Waals surface area contributed by atoms with E-state index in [1.807, 2.05) is 20.8 Å². The van der Waals surface area contributed by atoms with E-state index in [1.54, 1.807) is 48.5 Å². The van der Waals surface area contributed by atoms with Gasteiger partial charge in [0, 0.05) is 11.9 Å². The van der Waals surface area contributed by atoms with Crippen molar-refractivity contribution < 1.29 is 22.6 Å². The van der Waals surface area contributed by atoms with Crippen molar-refractivity contribution in [3.05, 3.63) is 60.3 Å². The van der Waals surface area contributed by atoms with Crippen molar-refractivity contribution in [2.45, 2.75) is 58.7 Å². The van der Waals surface area contributed by atoms with Crippen LogP contribution in [0.15, 0.2) is 54.7 Å². The van der Waals surface area contributed by atoms with E-state index in [-0.39, 0.29) is 17.4 Å². The number of nitrogens with zero attached hydrogens (tertiary/aromatic N) is 2. The Hall–Kier alpha value is -3.49. The third-order valence-corrected chi connectivity index (χ3v) is 4.77. The van der Waals surface area contributed by atoms with Crippen LogP contribution in [0.5, 0.6) is 11.5 Å². The van der Waals surface area contributed by atoms with Gasteiger partial charge < -0.3 is 20.1 Å². The number of hydrogen-bond acceptors (Lipinski definition) is 6. The van der Waals surface area contributed by atoms with Gasteiger partial charge in [0.05, 0.1) is 12.3 Å². The van der Waals surface area contributed by atoms with Crippen molar-refractivity contribution >= 4 is 23.1 Å². The molecule has 35 heavy (non-hydrogen) atoms. The molecule has 0 unspecified atom stereocenters. The molecule has 0 fully saturated rings. The van der Waals surface area contributed by atoms with Gasteiger partial charge in [-0.1, -0.05) is 31.9 Å². The molecule has 2 N–H and O–H groups in total. The molecule has 0 atom stereocenters. The van der Waals surface area contributed by atoms with E-state index in [1.165, 1.54) is 0 Å². The number of nitrogens with one attached hydrogen (secondary N) is 2. The van der Waals surface area contributed by atoms with Gasteiger partial charge in [0.1, 0.15) is 28.5 Å². The molecule has 188 valence electrons. The zero-order chi connectivity index (χ0) is 25.5. The van der Waals surface area contributed by atoms with E-state index in [2.05, 4.69) is 27.5 Å². The summed E-state index contributed by atoms with van der Waals surface area (Å²) in [5.74, 6) is 0.784. The molecule has 0 bridgehead atoms. The third kappa shape index (κ3) is 8.05. The maximum Gasteiger partial charge on any atom is 0.421 e. The number of ether oxygens (including phenoxy) is 2. The van der Waals surface area contributed by atoms with Gasteiger partial charge in [0.2, 0.25) is 5.95 Å². The van der Waals surface area contributed by atoms with Gasteiger partial charge in [-0.05, 0) is 63.6 Å². The molecule has 0 aliphatic heterocycles. The first-order valence-electron chi connectivity index (χ1n) is 11.5. The Morgan fingerprint density at radius 2 is 1.63 bits per heavy atom. The van der Waals surface area contributed by atoms with E-state index < -0.39 is 11.7 Å². The number of hydrogen-bond donors (Lipinski definition) is 2. The van der Waals surface area contributed by atoms with Crippen molar-refractivity contribution in [1.29, 1.82) is 0 Å². The van der Waals surface area contributed by atoms with Gasteiger partial charge in [-0.3, -0.25) is 0 Å². The predicted molar refractivity (Wildman–Crippen MR) is 132 cm³/mol. The summed E-state index contributed by atoms with van der Waals surface area (Å²) >= 11 is 0. The minimum atomic E-state index is -4.64. The SMILES string of the molecule is CCCCCOc1ccccc1Nc1nc(Nc2ccc(OC(C)(C)C)cc2)ncc1C(F)(F)F. The second kappa shape index (κ2) is 11.3. The summed E-state index contributed by atoms with van der Waals surface area (Å²) in [5.41, 5.74) is -0.320. The lowest BCUT2D eigenvalue weighted by atomic mass is 10.2. The van der Waals surface area contributed by atoms with Gasteiger partial charge >= 0.3 is 6.18 Å². The Morgan fingerprint density at radius 3 is 2.29 bits per heavy atom. The van der Waals surface area contributed by atoms with Gasteiger partial charge in [-0.25, -0.2) is 4.98 Å². The minimum Gasteiger partial charge on any atom is -0.491 e.